The maximum atomic E-state index is 12.1. The van der Waals surface area contributed by atoms with Crippen LogP contribution in [0.25, 0.3) is 0 Å². The molecule has 20 atom stereocenters. The Hall–Kier alpha value is -1.78. The van der Waals surface area contributed by atoms with Gasteiger partial charge in [0.25, 0.3) is 0 Å². The number of rotatable bonds is 11. The van der Waals surface area contributed by atoms with E-state index >= 15 is 0 Å². The minimum absolute atomic E-state index is 0.693. The Labute approximate surface area is 285 Å². The maximum Gasteiger partial charge on any atom is 0.217 e. The molecule has 50 heavy (non-hydrogen) atoms. The zero-order valence-electron chi connectivity index (χ0n) is 27.3. The predicted molar refractivity (Wildman–Crippen MR) is 156 cm³/mol. The van der Waals surface area contributed by atoms with Crippen LogP contribution in [0.3, 0.4) is 0 Å². The van der Waals surface area contributed by atoms with Gasteiger partial charge in [-0.3, -0.25) is 9.59 Å². The molecule has 0 aromatic rings. The van der Waals surface area contributed by atoms with Gasteiger partial charge in [0.2, 0.25) is 11.8 Å². The van der Waals surface area contributed by atoms with Crippen LogP contribution in [0.15, 0.2) is 0 Å². The molecule has 0 aromatic heterocycles. The number of hydrogen-bond acceptors (Lipinski definition) is 20. The summed E-state index contributed by atoms with van der Waals surface area (Å²) >= 11 is 0. The Morgan fingerprint density at radius 2 is 1.02 bits per heavy atom. The van der Waals surface area contributed by atoms with Crippen LogP contribution >= 0.6 is 0 Å². The lowest BCUT2D eigenvalue weighted by atomic mass is 9.94. The first kappa shape index (κ1) is 41.0. The molecule has 22 nitrogen and oxygen atoms in total. The molecule has 4 aliphatic rings. The van der Waals surface area contributed by atoms with Crippen LogP contribution in [0.5, 0.6) is 0 Å². The van der Waals surface area contributed by atoms with E-state index in [0.29, 0.717) is 0 Å². The van der Waals surface area contributed by atoms with Crippen LogP contribution in [0.4, 0.5) is 0 Å². The van der Waals surface area contributed by atoms with Crippen molar-refractivity contribution in [3.8, 4) is 0 Å². The molecule has 0 radical (unpaired) electrons. The van der Waals surface area contributed by atoms with Crippen molar-refractivity contribution in [2.45, 2.75) is 143 Å². The quantitative estimate of drug-likeness (QED) is 0.0938. The van der Waals surface area contributed by atoms with Crippen LogP contribution in [-0.4, -0.2) is 211 Å². The average molecular weight is 733 g/mol. The first-order valence-electron chi connectivity index (χ1n) is 15.9. The van der Waals surface area contributed by atoms with Crippen molar-refractivity contribution < 1.29 is 98.9 Å². The SMILES string of the molecule is CC(=O)N[C@H]1[C@H](O[C@H]2[C@@H](O)[C@@H](CO)O[C@@H](O[C@H]3[C@H](O[C@@H]4O[C@@H](C)[C@@H](O)[C@@H](O)[C@@H]4O)[C@@H](NC(C)=O)C(O)O[C@@H]3CO)[C@@H]2O)O[C@H](CO)[C@@H](O)[C@@H]1O. The van der Waals surface area contributed by atoms with E-state index in [1.165, 1.54) is 6.92 Å². The number of ether oxygens (including phenoxy) is 7. The predicted octanol–water partition coefficient (Wildman–Crippen LogP) is -8.43. The molecular weight excluding hydrogens is 684 g/mol. The van der Waals surface area contributed by atoms with Gasteiger partial charge in [-0.05, 0) is 6.92 Å². The highest BCUT2D eigenvalue weighted by atomic mass is 16.8. The third-order valence-electron chi connectivity index (χ3n) is 8.97. The van der Waals surface area contributed by atoms with Crippen LogP contribution < -0.4 is 10.6 Å². The standard InChI is InChI=1S/C28H48N2O20/c1-7-15(36)19(40)20(41)27(44-7)49-23-14(30-9(3)35)25(43)45-12(6-33)22(23)48-28-21(42)24(17(38)11(5-32)47-28)50-26-13(29-8(2)34)18(39)16(37)10(4-31)46-26/h7,10-28,31-33,36-43H,4-6H2,1-3H3,(H,29,34)(H,30,35)/t7-,10+,11+,12+,13+,14+,15+,16+,17-,18+,19+,20-,21+,22+,23+,24-,25?,26-,27-,28-/m0/s1. The molecule has 0 bridgehead atoms. The van der Waals surface area contributed by atoms with Gasteiger partial charge in [-0.2, -0.15) is 0 Å². The van der Waals surface area contributed by atoms with Crippen LogP contribution in [0.2, 0.25) is 0 Å². The molecule has 290 valence electrons. The molecule has 1 unspecified atom stereocenters. The summed E-state index contributed by atoms with van der Waals surface area (Å²) in [5, 5.41) is 120. The van der Waals surface area contributed by atoms with Gasteiger partial charge in [-0.1, -0.05) is 0 Å². The van der Waals surface area contributed by atoms with Crippen molar-refractivity contribution in [3.63, 3.8) is 0 Å². The maximum absolute atomic E-state index is 12.1. The topological polar surface area (TPSA) is 345 Å². The van der Waals surface area contributed by atoms with E-state index in [-0.39, 0.29) is 0 Å². The minimum atomic E-state index is -2.04. The molecule has 4 rings (SSSR count). The summed E-state index contributed by atoms with van der Waals surface area (Å²) in [6, 6.07) is -3.03. The first-order chi connectivity index (χ1) is 23.5. The van der Waals surface area contributed by atoms with Gasteiger partial charge in [0.1, 0.15) is 91.4 Å². The lowest BCUT2D eigenvalue weighted by Crippen LogP contribution is -2.70. The highest BCUT2D eigenvalue weighted by molar-refractivity contribution is 5.73. The van der Waals surface area contributed by atoms with E-state index in [4.69, 9.17) is 33.2 Å². The van der Waals surface area contributed by atoms with Gasteiger partial charge >= 0.3 is 0 Å². The smallest absolute Gasteiger partial charge is 0.217 e. The Kier molecular flexibility index (Phi) is 14.2. The van der Waals surface area contributed by atoms with Crippen LogP contribution in [0.1, 0.15) is 20.8 Å². The first-order valence-corrected chi connectivity index (χ1v) is 15.9. The van der Waals surface area contributed by atoms with Crippen LogP contribution in [0, 0.1) is 0 Å². The Morgan fingerprint density at radius 3 is 1.60 bits per heavy atom. The van der Waals surface area contributed by atoms with Crippen molar-refractivity contribution in [3.05, 3.63) is 0 Å². The molecule has 4 heterocycles. The summed E-state index contributed by atoms with van der Waals surface area (Å²) < 4.78 is 39.9. The number of amides is 2. The van der Waals surface area contributed by atoms with E-state index in [2.05, 4.69) is 10.6 Å². The Balaban J connectivity index is 1.65. The molecular formula is C28H48N2O20. The second kappa shape index (κ2) is 17.4. The fourth-order valence-corrected chi connectivity index (χ4v) is 6.28. The second-order valence-electron chi connectivity index (χ2n) is 12.6. The van der Waals surface area contributed by atoms with E-state index in [1.807, 2.05) is 0 Å². The second-order valence-corrected chi connectivity index (χ2v) is 12.6. The molecule has 0 spiro atoms. The summed E-state index contributed by atoms with van der Waals surface area (Å²) in [5.41, 5.74) is 0. The fraction of sp³-hybridized carbons (Fsp3) is 0.929. The number of carbonyl (C=O) groups is 2. The summed E-state index contributed by atoms with van der Waals surface area (Å²) in [5.74, 6) is -1.40. The fourth-order valence-electron chi connectivity index (χ4n) is 6.28. The number of aliphatic hydroxyl groups excluding tert-OH is 11. The van der Waals surface area contributed by atoms with Gasteiger partial charge in [0.15, 0.2) is 25.2 Å². The molecule has 0 aromatic carbocycles. The zero-order chi connectivity index (χ0) is 37.2. The molecule has 0 saturated carbocycles. The van der Waals surface area contributed by atoms with Crippen LogP contribution in [-0.2, 0) is 42.7 Å². The summed E-state index contributed by atoms with van der Waals surface area (Å²) in [7, 11) is 0. The largest absolute Gasteiger partial charge is 0.394 e. The molecule has 22 heteroatoms. The van der Waals surface area contributed by atoms with E-state index in [0.717, 1.165) is 13.8 Å². The van der Waals surface area contributed by atoms with Gasteiger partial charge < -0.3 is 100.0 Å². The van der Waals surface area contributed by atoms with E-state index < -0.39 is 154 Å². The zero-order valence-corrected chi connectivity index (χ0v) is 27.3. The van der Waals surface area contributed by atoms with Crippen molar-refractivity contribution >= 4 is 11.8 Å². The van der Waals surface area contributed by atoms with Crippen molar-refractivity contribution in [2.75, 3.05) is 19.8 Å². The minimum Gasteiger partial charge on any atom is -0.394 e. The normalized spacial score (nSPS) is 48.5. The highest BCUT2D eigenvalue weighted by Crippen LogP contribution is 2.34. The van der Waals surface area contributed by atoms with E-state index in [1.54, 1.807) is 0 Å². The monoisotopic (exact) mass is 732 g/mol. The van der Waals surface area contributed by atoms with Gasteiger partial charge in [0, 0.05) is 13.8 Å². The number of carbonyl (C=O) groups excluding carboxylic acids is 2. The molecule has 2 amide bonds. The average Bonchev–Trinajstić information content (AvgIpc) is 3.06. The third-order valence-corrected chi connectivity index (χ3v) is 8.97. The summed E-state index contributed by atoms with van der Waals surface area (Å²) in [4.78, 5) is 24.0. The number of aliphatic hydroxyl groups is 11. The number of hydrogen-bond donors (Lipinski definition) is 13. The third kappa shape index (κ3) is 8.70. The van der Waals surface area contributed by atoms with Crippen molar-refractivity contribution in [2.24, 2.45) is 0 Å². The van der Waals surface area contributed by atoms with Gasteiger partial charge in [-0.25, -0.2) is 0 Å². The molecule has 0 aliphatic carbocycles. The Bertz CT molecular complexity index is 1130. The molecule has 13 N–H and O–H groups in total. The lowest BCUT2D eigenvalue weighted by Gasteiger charge is -2.50. The summed E-state index contributed by atoms with van der Waals surface area (Å²) in [6.45, 7) is 0.960. The molecule has 4 saturated heterocycles. The summed E-state index contributed by atoms with van der Waals surface area (Å²) in [6.07, 6.45) is -30.4. The van der Waals surface area contributed by atoms with E-state index in [9.17, 15) is 65.8 Å². The highest BCUT2D eigenvalue weighted by Gasteiger charge is 2.56. The lowest BCUT2D eigenvalue weighted by molar-refractivity contribution is -0.381. The number of nitrogens with one attached hydrogen (secondary N) is 2. The molecule has 4 aliphatic heterocycles. The van der Waals surface area contributed by atoms with Gasteiger partial charge in [-0.15, -0.1) is 0 Å². The Morgan fingerprint density at radius 1 is 0.520 bits per heavy atom. The van der Waals surface area contributed by atoms with Crippen molar-refractivity contribution in [1.82, 2.24) is 10.6 Å². The van der Waals surface area contributed by atoms with Crippen molar-refractivity contribution in [1.29, 1.82) is 0 Å². The van der Waals surface area contributed by atoms with Gasteiger partial charge in [0.05, 0.1) is 25.9 Å². The molecule has 4 fully saturated rings.